The molecule has 1 aliphatic heterocycles. The molecule has 0 saturated carbocycles. The smallest absolute Gasteiger partial charge is 0.239 e. The van der Waals surface area contributed by atoms with Gasteiger partial charge in [-0.1, -0.05) is 41.7 Å². The fraction of sp³-hybridized carbons (Fsp3) is 0.375. The number of hydrogen-bond acceptors (Lipinski definition) is 7. The van der Waals surface area contributed by atoms with Crippen molar-refractivity contribution in [3.05, 3.63) is 36.2 Å². The quantitative estimate of drug-likeness (QED) is 0.777. The zero-order chi connectivity index (χ0) is 17.6. The van der Waals surface area contributed by atoms with Crippen molar-refractivity contribution in [3.8, 4) is 5.75 Å². The second-order valence-electron chi connectivity index (χ2n) is 5.34. The van der Waals surface area contributed by atoms with Gasteiger partial charge in [0.2, 0.25) is 5.91 Å². The Morgan fingerprint density at radius 1 is 1.40 bits per heavy atom. The Hall–Kier alpha value is -2.00. The van der Waals surface area contributed by atoms with E-state index in [0.717, 1.165) is 18.0 Å². The zero-order valence-corrected chi connectivity index (χ0v) is 15.6. The molecule has 9 heteroatoms. The van der Waals surface area contributed by atoms with E-state index in [0.29, 0.717) is 22.8 Å². The van der Waals surface area contributed by atoms with Gasteiger partial charge in [-0.05, 0) is 19.1 Å². The van der Waals surface area contributed by atoms with Gasteiger partial charge in [0.15, 0.2) is 16.1 Å². The average Bonchev–Trinajstić information content (AvgIpc) is 3.25. The van der Waals surface area contributed by atoms with Gasteiger partial charge < -0.3 is 14.6 Å². The summed E-state index contributed by atoms with van der Waals surface area (Å²) in [5, 5.41) is 12.2. The lowest BCUT2D eigenvalue weighted by Crippen LogP contribution is -2.34. The number of thioether (sulfide) groups is 2. The van der Waals surface area contributed by atoms with Crippen molar-refractivity contribution in [2.75, 3.05) is 12.3 Å². The van der Waals surface area contributed by atoms with Crippen molar-refractivity contribution in [2.24, 2.45) is 12.0 Å². The van der Waals surface area contributed by atoms with E-state index in [9.17, 15) is 4.79 Å². The fourth-order valence-electron chi connectivity index (χ4n) is 2.07. The molecule has 3 rings (SSSR count). The Labute approximate surface area is 154 Å². The number of ether oxygens (including phenoxy) is 1. The number of amides is 1. The van der Waals surface area contributed by atoms with Crippen LogP contribution in [0.3, 0.4) is 0 Å². The van der Waals surface area contributed by atoms with E-state index in [1.54, 1.807) is 11.8 Å². The summed E-state index contributed by atoms with van der Waals surface area (Å²) in [6.45, 7) is 2.92. The van der Waals surface area contributed by atoms with E-state index in [1.807, 2.05) is 48.9 Å². The number of nitrogens with one attached hydrogen (secondary N) is 1. The largest absolute Gasteiger partial charge is 0.486 e. The molecule has 0 unspecified atom stereocenters. The highest BCUT2D eigenvalue weighted by Gasteiger charge is 2.21. The summed E-state index contributed by atoms with van der Waals surface area (Å²) < 4.78 is 7.54. The van der Waals surface area contributed by atoms with Gasteiger partial charge in [-0.2, -0.15) is 0 Å². The van der Waals surface area contributed by atoms with Gasteiger partial charge >= 0.3 is 0 Å². The van der Waals surface area contributed by atoms with Crippen LogP contribution in [0.5, 0.6) is 5.75 Å². The minimum Gasteiger partial charge on any atom is -0.486 e. The molecule has 0 saturated heterocycles. The number of amidine groups is 1. The van der Waals surface area contributed by atoms with Crippen LogP contribution in [0.15, 0.2) is 40.5 Å². The maximum Gasteiger partial charge on any atom is 0.239 e. The SMILES string of the molecule is C[C@@H](Sc1nnc(COc2ccccc2)n1C)C(=O)NC1=NCCS1. The second kappa shape index (κ2) is 8.39. The molecule has 0 spiro atoms. The number of hydrogen-bond donors (Lipinski definition) is 1. The van der Waals surface area contributed by atoms with E-state index in [1.165, 1.54) is 11.8 Å². The lowest BCUT2D eigenvalue weighted by Gasteiger charge is -2.11. The van der Waals surface area contributed by atoms with Gasteiger partial charge in [0.05, 0.1) is 11.8 Å². The van der Waals surface area contributed by atoms with Crippen molar-refractivity contribution in [3.63, 3.8) is 0 Å². The first-order valence-electron chi connectivity index (χ1n) is 7.84. The molecular formula is C16H19N5O2S2. The number of aliphatic imine (C=N–C) groups is 1. The molecule has 1 N–H and O–H groups in total. The van der Waals surface area contributed by atoms with E-state index in [2.05, 4.69) is 20.5 Å². The average molecular weight is 377 g/mol. The molecule has 7 nitrogen and oxygen atoms in total. The maximum absolute atomic E-state index is 12.2. The van der Waals surface area contributed by atoms with Crippen molar-refractivity contribution < 1.29 is 9.53 Å². The Kier molecular flexibility index (Phi) is 5.98. The first-order chi connectivity index (χ1) is 12.1. The topological polar surface area (TPSA) is 81.4 Å². The Morgan fingerprint density at radius 2 is 2.20 bits per heavy atom. The minimum absolute atomic E-state index is 0.0803. The number of benzene rings is 1. The molecule has 0 bridgehead atoms. The Bertz CT molecular complexity index is 763. The summed E-state index contributed by atoms with van der Waals surface area (Å²) in [5.74, 6) is 2.32. The molecule has 2 aromatic rings. The highest BCUT2D eigenvalue weighted by Crippen LogP contribution is 2.22. The van der Waals surface area contributed by atoms with Crippen LogP contribution < -0.4 is 10.1 Å². The Morgan fingerprint density at radius 3 is 2.92 bits per heavy atom. The third-order valence-electron chi connectivity index (χ3n) is 3.50. The highest BCUT2D eigenvalue weighted by molar-refractivity contribution is 8.14. The molecule has 1 atom stereocenters. The van der Waals surface area contributed by atoms with Gasteiger partial charge in [-0.15, -0.1) is 10.2 Å². The van der Waals surface area contributed by atoms with Crippen LogP contribution in [0.25, 0.3) is 0 Å². The molecule has 0 radical (unpaired) electrons. The van der Waals surface area contributed by atoms with Gasteiger partial charge in [0.1, 0.15) is 12.4 Å². The van der Waals surface area contributed by atoms with E-state index in [-0.39, 0.29) is 11.2 Å². The first-order valence-corrected chi connectivity index (χ1v) is 9.71. The maximum atomic E-state index is 12.2. The number of nitrogens with zero attached hydrogens (tertiary/aromatic N) is 4. The molecule has 1 amide bonds. The summed E-state index contributed by atoms with van der Waals surface area (Å²) in [6.07, 6.45) is 0. The van der Waals surface area contributed by atoms with E-state index < -0.39 is 0 Å². The van der Waals surface area contributed by atoms with Crippen LogP contribution in [-0.2, 0) is 18.4 Å². The fourth-order valence-corrected chi connectivity index (χ4v) is 3.63. The molecule has 2 heterocycles. The normalized spacial score (nSPS) is 14.9. The molecule has 132 valence electrons. The van der Waals surface area contributed by atoms with Crippen molar-refractivity contribution >= 4 is 34.6 Å². The van der Waals surface area contributed by atoms with Gasteiger partial charge in [-0.3, -0.25) is 9.79 Å². The van der Waals surface area contributed by atoms with E-state index in [4.69, 9.17) is 4.74 Å². The molecule has 1 aliphatic rings. The van der Waals surface area contributed by atoms with Crippen molar-refractivity contribution in [1.29, 1.82) is 0 Å². The second-order valence-corrected chi connectivity index (χ2v) is 7.74. The third kappa shape index (κ3) is 4.76. The monoisotopic (exact) mass is 377 g/mol. The number of rotatable bonds is 6. The number of aromatic nitrogens is 3. The van der Waals surface area contributed by atoms with Crippen LogP contribution in [-0.4, -0.2) is 43.4 Å². The molecule has 0 aliphatic carbocycles. The Balaban J connectivity index is 1.56. The van der Waals surface area contributed by atoms with Gasteiger partial charge in [0, 0.05) is 12.8 Å². The molecule has 1 aromatic carbocycles. The summed E-state index contributed by atoms with van der Waals surface area (Å²) in [6, 6.07) is 9.55. The number of carbonyl (C=O) groups is 1. The predicted molar refractivity (Wildman–Crippen MR) is 100.0 cm³/mol. The van der Waals surface area contributed by atoms with Crippen LogP contribution in [0.4, 0.5) is 0 Å². The third-order valence-corrected chi connectivity index (χ3v) is 5.53. The van der Waals surface area contributed by atoms with Crippen LogP contribution in [0.1, 0.15) is 12.7 Å². The minimum atomic E-state index is -0.297. The molecule has 1 aromatic heterocycles. The highest BCUT2D eigenvalue weighted by atomic mass is 32.2. The summed E-state index contributed by atoms with van der Waals surface area (Å²) >= 11 is 2.93. The molecular weight excluding hydrogens is 358 g/mol. The predicted octanol–water partition coefficient (Wildman–Crippen LogP) is 2.09. The van der Waals surface area contributed by atoms with Crippen LogP contribution >= 0.6 is 23.5 Å². The number of carbonyl (C=O) groups excluding carboxylic acids is 1. The summed E-state index contributed by atoms with van der Waals surface area (Å²) in [4.78, 5) is 16.5. The standard InChI is InChI=1S/C16H19N5O2S2/c1-11(14(22)18-15-17-8-9-24-15)25-16-20-19-13(21(16)2)10-23-12-6-4-3-5-7-12/h3-7,11H,8-10H2,1-2H3,(H,17,18,22)/t11-/m1/s1. The summed E-state index contributed by atoms with van der Waals surface area (Å²) in [7, 11) is 1.87. The molecule has 25 heavy (non-hydrogen) atoms. The molecule has 0 fully saturated rings. The van der Waals surface area contributed by atoms with Crippen molar-refractivity contribution in [1.82, 2.24) is 20.1 Å². The lowest BCUT2D eigenvalue weighted by atomic mass is 10.3. The van der Waals surface area contributed by atoms with Gasteiger partial charge in [-0.25, -0.2) is 0 Å². The summed E-state index contributed by atoms with van der Waals surface area (Å²) in [5.41, 5.74) is 0. The van der Waals surface area contributed by atoms with Crippen LogP contribution in [0.2, 0.25) is 0 Å². The van der Waals surface area contributed by atoms with E-state index >= 15 is 0 Å². The van der Waals surface area contributed by atoms with Crippen molar-refractivity contribution in [2.45, 2.75) is 23.9 Å². The van der Waals surface area contributed by atoms with Gasteiger partial charge in [0.25, 0.3) is 0 Å². The first kappa shape index (κ1) is 17.8. The lowest BCUT2D eigenvalue weighted by molar-refractivity contribution is -0.118. The number of para-hydroxylation sites is 1. The zero-order valence-electron chi connectivity index (χ0n) is 14.0. The van der Waals surface area contributed by atoms with Crippen LogP contribution in [0, 0.1) is 0 Å².